The fourth-order valence-electron chi connectivity index (χ4n) is 4.54. The molecule has 0 saturated carbocycles. The summed E-state index contributed by atoms with van der Waals surface area (Å²) in [5.41, 5.74) is 3.22. The van der Waals surface area contributed by atoms with Crippen molar-refractivity contribution in [3.8, 4) is 10.6 Å². The molecule has 0 bridgehead atoms. The fourth-order valence-corrected chi connectivity index (χ4v) is 6.54. The van der Waals surface area contributed by atoms with Crippen LogP contribution in [0.15, 0.2) is 66.0 Å². The Morgan fingerprint density at radius 3 is 2.62 bits per heavy atom. The van der Waals surface area contributed by atoms with Gasteiger partial charge in [0.25, 0.3) is 5.91 Å². The van der Waals surface area contributed by atoms with Crippen LogP contribution in [0, 0.1) is 0 Å². The number of amides is 1. The van der Waals surface area contributed by atoms with Gasteiger partial charge in [-0.25, -0.2) is 9.97 Å². The first kappa shape index (κ1) is 25.9. The van der Waals surface area contributed by atoms with E-state index in [4.69, 9.17) is 21.6 Å². The van der Waals surface area contributed by atoms with Gasteiger partial charge in [0.05, 0.1) is 31.4 Å². The highest BCUT2D eigenvalue weighted by atomic mass is 35.5. The van der Waals surface area contributed by atoms with Crippen molar-refractivity contribution >= 4 is 78.8 Å². The van der Waals surface area contributed by atoms with Crippen LogP contribution in [0.1, 0.15) is 10.4 Å². The second-order valence-electron chi connectivity index (χ2n) is 8.72. The van der Waals surface area contributed by atoms with Crippen molar-refractivity contribution in [2.45, 2.75) is 0 Å². The van der Waals surface area contributed by atoms with Gasteiger partial charge in [0, 0.05) is 44.7 Å². The molecule has 1 saturated heterocycles. The summed E-state index contributed by atoms with van der Waals surface area (Å²) in [7, 11) is 0. The van der Waals surface area contributed by atoms with Crippen LogP contribution in [0.2, 0.25) is 5.02 Å². The van der Waals surface area contributed by atoms with Crippen molar-refractivity contribution in [3.05, 3.63) is 76.6 Å². The molecule has 4 heterocycles. The Hall–Kier alpha value is -2.75. The second kappa shape index (κ2) is 11.3. The molecule has 1 aliphatic heterocycles. The number of rotatable bonds is 6. The molecule has 1 amide bonds. The van der Waals surface area contributed by atoms with Crippen LogP contribution in [0.25, 0.3) is 31.7 Å². The summed E-state index contributed by atoms with van der Waals surface area (Å²) in [4.78, 5) is 28.5. The van der Waals surface area contributed by atoms with Gasteiger partial charge in [-0.15, -0.1) is 23.7 Å². The molecule has 10 heteroatoms. The summed E-state index contributed by atoms with van der Waals surface area (Å²) in [5, 5.41) is 7.76. The van der Waals surface area contributed by atoms with Gasteiger partial charge in [0.1, 0.15) is 5.52 Å². The summed E-state index contributed by atoms with van der Waals surface area (Å²) in [6, 6.07) is 19.7. The lowest BCUT2D eigenvalue weighted by Crippen LogP contribution is -2.48. The number of hydrogen-bond donors (Lipinski definition) is 1. The van der Waals surface area contributed by atoms with Gasteiger partial charge in [-0.3, -0.25) is 9.69 Å². The molecule has 1 fully saturated rings. The summed E-state index contributed by atoms with van der Waals surface area (Å²) < 4.78 is 1.12. The number of carbonyl (C=O) groups excluding carboxylic acids is 1. The van der Waals surface area contributed by atoms with Gasteiger partial charge >= 0.3 is 0 Å². The maximum atomic E-state index is 13.2. The molecule has 0 radical (unpaired) electrons. The molecule has 37 heavy (non-hydrogen) atoms. The molecule has 6 nitrogen and oxygen atoms in total. The Balaban J connectivity index is 0.00000280. The van der Waals surface area contributed by atoms with Gasteiger partial charge < -0.3 is 10.2 Å². The fraction of sp³-hybridized carbons (Fsp3) is 0.222. The third-order valence-electron chi connectivity index (χ3n) is 6.45. The SMILES string of the molecule is Cl.O=C(NCCN1CCN(c2nc3c(Cl)cccc3s2)CC1)c1cc(-c2cccs2)nc2ccccc12. The van der Waals surface area contributed by atoms with Crippen molar-refractivity contribution < 1.29 is 4.79 Å². The molecule has 1 aliphatic rings. The van der Waals surface area contributed by atoms with E-state index in [0.29, 0.717) is 17.1 Å². The summed E-state index contributed by atoms with van der Waals surface area (Å²) in [5.74, 6) is -0.0589. The van der Waals surface area contributed by atoms with E-state index >= 15 is 0 Å². The Labute approximate surface area is 234 Å². The molecular formula is C27H25Cl2N5OS2. The highest BCUT2D eigenvalue weighted by Crippen LogP contribution is 2.33. The largest absolute Gasteiger partial charge is 0.351 e. The average molecular weight is 571 g/mol. The quantitative estimate of drug-likeness (QED) is 0.264. The van der Waals surface area contributed by atoms with Gasteiger partial charge in [-0.2, -0.15) is 0 Å². The van der Waals surface area contributed by atoms with E-state index < -0.39 is 0 Å². The minimum Gasteiger partial charge on any atom is -0.351 e. The van der Waals surface area contributed by atoms with Crippen molar-refractivity contribution in [3.63, 3.8) is 0 Å². The first-order valence-corrected chi connectivity index (χ1v) is 14.0. The van der Waals surface area contributed by atoms with E-state index in [1.54, 1.807) is 22.7 Å². The van der Waals surface area contributed by atoms with Crippen LogP contribution in [0.5, 0.6) is 0 Å². The minimum atomic E-state index is -0.0589. The topological polar surface area (TPSA) is 61.4 Å². The molecule has 0 aliphatic carbocycles. The third kappa shape index (κ3) is 5.44. The minimum absolute atomic E-state index is 0. The molecule has 6 rings (SSSR count). The molecule has 5 aromatic rings. The molecule has 0 unspecified atom stereocenters. The maximum Gasteiger partial charge on any atom is 0.252 e. The van der Waals surface area contributed by atoms with Crippen LogP contribution in [0.3, 0.4) is 0 Å². The summed E-state index contributed by atoms with van der Waals surface area (Å²) >= 11 is 9.62. The van der Waals surface area contributed by atoms with Crippen LogP contribution in [0.4, 0.5) is 5.13 Å². The zero-order valence-corrected chi connectivity index (χ0v) is 23.1. The van der Waals surface area contributed by atoms with E-state index in [0.717, 1.165) is 69.5 Å². The number of pyridine rings is 1. The zero-order valence-electron chi connectivity index (χ0n) is 19.9. The van der Waals surface area contributed by atoms with E-state index in [-0.39, 0.29) is 18.3 Å². The number of piperazine rings is 1. The Kier molecular flexibility index (Phi) is 7.92. The Morgan fingerprint density at radius 1 is 1.00 bits per heavy atom. The first-order chi connectivity index (χ1) is 17.7. The zero-order chi connectivity index (χ0) is 24.5. The number of aromatic nitrogens is 2. The van der Waals surface area contributed by atoms with E-state index in [9.17, 15) is 4.79 Å². The highest BCUT2D eigenvalue weighted by molar-refractivity contribution is 7.22. The number of nitrogens with one attached hydrogen (secondary N) is 1. The number of carbonyl (C=O) groups is 1. The smallest absolute Gasteiger partial charge is 0.252 e. The number of anilines is 1. The average Bonchev–Trinajstić information content (AvgIpc) is 3.60. The second-order valence-corrected chi connectivity index (χ2v) is 11.1. The summed E-state index contributed by atoms with van der Waals surface area (Å²) in [6.45, 7) is 5.09. The number of hydrogen-bond acceptors (Lipinski definition) is 7. The molecule has 2 aromatic carbocycles. The monoisotopic (exact) mass is 569 g/mol. The van der Waals surface area contributed by atoms with Gasteiger partial charge in [0.2, 0.25) is 0 Å². The van der Waals surface area contributed by atoms with Crippen molar-refractivity contribution in [1.29, 1.82) is 0 Å². The summed E-state index contributed by atoms with van der Waals surface area (Å²) in [6.07, 6.45) is 0. The predicted octanol–water partition coefficient (Wildman–Crippen LogP) is 6.20. The van der Waals surface area contributed by atoms with Crippen molar-refractivity contribution in [1.82, 2.24) is 20.2 Å². The molecule has 3 aromatic heterocycles. The number of fused-ring (bicyclic) bond motifs is 2. The standard InChI is InChI=1S/C27H24ClN5OS2.ClH/c28-20-6-3-8-24-25(20)31-27(36-24)33-14-12-32(13-15-33)11-10-29-26(34)19-17-22(23-9-4-16-35-23)30-21-7-2-1-5-18(19)21;/h1-9,16-17H,10-15H2,(H,29,34);1H. The number of thiophene rings is 1. The number of para-hydroxylation sites is 2. The van der Waals surface area contributed by atoms with Crippen molar-refractivity contribution in [2.75, 3.05) is 44.2 Å². The van der Waals surface area contributed by atoms with Gasteiger partial charge in [-0.05, 0) is 35.7 Å². The van der Waals surface area contributed by atoms with Crippen LogP contribution in [-0.2, 0) is 0 Å². The van der Waals surface area contributed by atoms with E-state index in [1.807, 2.05) is 60.0 Å². The first-order valence-electron chi connectivity index (χ1n) is 11.9. The Bertz CT molecular complexity index is 1530. The highest BCUT2D eigenvalue weighted by Gasteiger charge is 2.21. The predicted molar refractivity (Wildman–Crippen MR) is 158 cm³/mol. The Morgan fingerprint density at radius 2 is 1.84 bits per heavy atom. The lowest BCUT2D eigenvalue weighted by molar-refractivity contribution is 0.0949. The van der Waals surface area contributed by atoms with E-state index in [2.05, 4.69) is 21.2 Å². The maximum absolute atomic E-state index is 13.2. The van der Waals surface area contributed by atoms with Gasteiger partial charge in [0.15, 0.2) is 5.13 Å². The lowest BCUT2D eigenvalue weighted by Gasteiger charge is -2.34. The lowest BCUT2D eigenvalue weighted by atomic mass is 10.1. The van der Waals surface area contributed by atoms with E-state index in [1.165, 1.54) is 0 Å². The number of halogens is 2. The molecule has 0 spiro atoms. The van der Waals surface area contributed by atoms with Crippen molar-refractivity contribution in [2.24, 2.45) is 0 Å². The van der Waals surface area contributed by atoms with Crippen LogP contribution in [-0.4, -0.2) is 60.0 Å². The molecule has 1 N–H and O–H groups in total. The molecular weight excluding hydrogens is 545 g/mol. The third-order valence-corrected chi connectivity index (χ3v) is 8.73. The van der Waals surface area contributed by atoms with Gasteiger partial charge in [-0.1, -0.05) is 53.3 Å². The normalized spacial score (nSPS) is 14.1. The van der Waals surface area contributed by atoms with Crippen LogP contribution < -0.4 is 10.2 Å². The number of benzene rings is 2. The van der Waals surface area contributed by atoms with Crippen LogP contribution >= 0.6 is 46.7 Å². The number of thiazole rings is 1. The number of nitrogens with zero attached hydrogens (tertiary/aromatic N) is 4. The molecule has 190 valence electrons. The molecule has 0 atom stereocenters.